The van der Waals surface area contributed by atoms with Crippen LogP contribution in [-0.2, 0) is 0 Å². The predicted molar refractivity (Wildman–Crippen MR) is 43.6 cm³/mol. The molecule has 0 heterocycles. The van der Waals surface area contributed by atoms with E-state index in [1.165, 1.54) is 0 Å². The summed E-state index contributed by atoms with van der Waals surface area (Å²) in [5.74, 6) is -6.76. The summed E-state index contributed by atoms with van der Waals surface area (Å²) in [7, 11) is 0. The van der Waals surface area contributed by atoms with E-state index in [9.17, 15) is 17.6 Å². The zero-order valence-electron chi connectivity index (χ0n) is 7.78. The summed E-state index contributed by atoms with van der Waals surface area (Å²) >= 11 is 0. The number of rotatable bonds is 3. The molecule has 1 N–H and O–H groups in total. The molecule has 0 aromatic rings. The quantitative estimate of drug-likeness (QED) is 0.716. The number of hydrogen-bond acceptors (Lipinski definition) is 1. The smallest absolute Gasteiger partial charge is 0.253 e. The molecular formula is C9H14F4O. The first-order valence-corrected chi connectivity index (χ1v) is 4.74. The highest BCUT2D eigenvalue weighted by molar-refractivity contribution is 4.85. The van der Waals surface area contributed by atoms with Crippen LogP contribution in [0.5, 0.6) is 0 Å². The van der Waals surface area contributed by atoms with Crippen LogP contribution >= 0.6 is 0 Å². The zero-order chi connectivity index (χ0) is 10.8. The van der Waals surface area contributed by atoms with Gasteiger partial charge in [0.2, 0.25) is 5.92 Å². The highest BCUT2D eigenvalue weighted by Gasteiger charge is 2.45. The van der Waals surface area contributed by atoms with E-state index in [0.29, 0.717) is 0 Å². The second-order valence-corrected chi connectivity index (χ2v) is 3.86. The lowest BCUT2D eigenvalue weighted by molar-refractivity contribution is -0.122. The van der Waals surface area contributed by atoms with Crippen LogP contribution in [0.2, 0.25) is 0 Å². The molecule has 84 valence electrons. The molecular weight excluding hydrogens is 200 g/mol. The van der Waals surface area contributed by atoms with E-state index in [-0.39, 0.29) is 12.8 Å². The molecule has 1 fully saturated rings. The topological polar surface area (TPSA) is 20.2 Å². The third kappa shape index (κ3) is 2.83. The summed E-state index contributed by atoms with van der Waals surface area (Å²) in [4.78, 5) is 0. The lowest BCUT2D eigenvalue weighted by Crippen LogP contribution is -2.36. The standard InChI is InChI=1S/C9H14F4O/c10-8(11)3-1-7(2-4-8)9(12,13)5-6-14/h7,14H,1-6H2. The molecule has 0 spiro atoms. The molecule has 0 atom stereocenters. The Labute approximate surface area is 80.1 Å². The van der Waals surface area contributed by atoms with Gasteiger partial charge < -0.3 is 5.11 Å². The molecule has 1 nitrogen and oxygen atoms in total. The average Bonchev–Trinajstić information content (AvgIpc) is 2.03. The van der Waals surface area contributed by atoms with E-state index in [0.717, 1.165) is 0 Å². The Morgan fingerprint density at radius 2 is 1.71 bits per heavy atom. The van der Waals surface area contributed by atoms with E-state index in [1.807, 2.05) is 0 Å². The van der Waals surface area contributed by atoms with Crippen molar-refractivity contribution in [3.63, 3.8) is 0 Å². The van der Waals surface area contributed by atoms with Gasteiger partial charge in [-0.2, -0.15) is 0 Å². The largest absolute Gasteiger partial charge is 0.396 e. The highest BCUT2D eigenvalue weighted by Crippen LogP contribution is 2.43. The maximum atomic E-state index is 13.2. The van der Waals surface area contributed by atoms with Crippen LogP contribution in [-0.4, -0.2) is 23.6 Å². The van der Waals surface area contributed by atoms with Crippen molar-refractivity contribution in [3.05, 3.63) is 0 Å². The van der Waals surface area contributed by atoms with Crippen LogP contribution in [0.15, 0.2) is 0 Å². The molecule has 0 aromatic heterocycles. The van der Waals surface area contributed by atoms with Crippen molar-refractivity contribution in [1.82, 2.24) is 0 Å². The van der Waals surface area contributed by atoms with Crippen LogP contribution < -0.4 is 0 Å². The lowest BCUT2D eigenvalue weighted by atomic mass is 9.82. The van der Waals surface area contributed by atoms with E-state index in [1.54, 1.807) is 0 Å². The van der Waals surface area contributed by atoms with Crippen LogP contribution in [0.4, 0.5) is 17.6 Å². The van der Waals surface area contributed by atoms with Crippen LogP contribution in [0.3, 0.4) is 0 Å². The molecule has 1 saturated carbocycles. The number of halogens is 4. The Hall–Kier alpha value is -0.320. The van der Waals surface area contributed by atoms with E-state index >= 15 is 0 Å². The predicted octanol–water partition coefficient (Wildman–Crippen LogP) is 2.83. The number of hydrogen-bond donors (Lipinski definition) is 1. The summed E-state index contributed by atoms with van der Waals surface area (Å²) < 4.78 is 51.6. The average molecular weight is 214 g/mol. The van der Waals surface area contributed by atoms with Crippen molar-refractivity contribution in [2.24, 2.45) is 5.92 Å². The van der Waals surface area contributed by atoms with Gasteiger partial charge in [0, 0.05) is 31.8 Å². The van der Waals surface area contributed by atoms with Crippen molar-refractivity contribution in [3.8, 4) is 0 Å². The molecule has 0 saturated heterocycles. The Morgan fingerprint density at radius 1 is 1.21 bits per heavy atom. The van der Waals surface area contributed by atoms with Gasteiger partial charge >= 0.3 is 0 Å². The van der Waals surface area contributed by atoms with E-state index in [2.05, 4.69) is 0 Å². The van der Waals surface area contributed by atoms with Gasteiger partial charge in [-0.3, -0.25) is 0 Å². The van der Waals surface area contributed by atoms with Gasteiger partial charge in [-0.25, -0.2) is 17.6 Å². The van der Waals surface area contributed by atoms with Crippen molar-refractivity contribution in [2.45, 2.75) is 43.9 Å². The van der Waals surface area contributed by atoms with Gasteiger partial charge in [0.1, 0.15) is 0 Å². The fraction of sp³-hybridized carbons (Fsp3) is 1.00. The molecule has 0 bridgehead atoms. The minimum atomic E-state index is -2.99. The van der Waals surface area contributed by atoms with E-state index < -0.39 is 43.6 Å². The molecule has 5 heteroatoms. The van der Waals surface area contributed by atoms with Gasteiger partial charge in [-0.15, -0.1) is 0 Å². The highest BCUT2D eigenvalue weighted by atomic mass is 19.3. The maximum Gasteiger partial charge on any atom is 0.253 e. The minimum Gasteiger partial charge on any atom is -0.396 e. The third-order valence-corrected chi connectivity index (χ3v) is 2.76. The fourth-order valence-corrected chi connectivity index (χ4v) is 1.82. The second kappa shape index (κ2) is 4.04. The molecule has 1 aliphatic rings. The molecule has 0 amide bonds. The van der Waals surface area contributed by atoms with Crippen molar-refractivity contribution >= 4 is 0 Å². The molecule has 0 unspecified atom stereocenters. The Kier molecular flexibility index (Phi) is 3.40. The Balaban J connectivity index is 2.48. The first-order chi connectivity index (χ1) is 6.37. The molecule has 0 radical (unpaired) electrons. The monoisotopic (exact) mass is 214 g/mol. The fourth-order valence-electron chi connectivity index (χ4n) is 1.82. The molecule has 0 aliphatic heterocycles. The zero-order valence-corrected chi connectivity index (χ0v) is 7.78. The Bertz CT molecular complexity index is 183. The summed E-state index contributed by atoms with van der Waals surface area (Å²) in [6.07, 6.45) is -1.85. The molecule has 14 heavy (non-hydrogen) atoms. The van der Waals surface area contributed by atoms with Gasteiger partial charge in [0.15, 0.2) is 0 Å². The first-order valence-electron chi connectivity index (χ1n) is 4.74. The van der Waals surface area contributed by atoms with Gasteiger partial charge in [-0.1, -0.05) is 0 Å². The molecule has 1 aliphatic carbocycles. The van der Waals surface area contributed by atoms with Crippen molar-refractivity contribution < 1.29 is 22.7 Å². The summed E-state index contributed by atoms with van der Waals surface area (Å²) in [5.41, 5.74) is 0. The number of aliphatic hydroxyl groups excluding tert-OH is 1. The number of alkyl halides is 4. The van der Waals surface area contributed by atoms with Crippen molar-refractivity contribution in [1.29, 1.82) is 0 Å². The SMILES string of the molecule is OCCC(F)(F)C1CCC(F)(F)CC1. The van der Waals surface area contributed by atoms with Gasteiger partial charge in [0.25, 0.3) is 5.92 Å². The molecule has 1 rings (SSSR count). The normalized spacial score (nSPS) is 23.8. The number of aliphatic hydroxyl groups is 1. The third-order valence-electron chi connectivity index (χ3n) is 2.76. The van der Waals surface area contributed by atoms with Gasteiger partial charge in [-0.05, 0) is 12.8 Å². The lowest BCUT2D eigenvalue weighted by Gasteiger charge is -2.33. The molecule has 0 aromatic carbocycles. The van der Waals surface area contributed by atoms with Crippen LogP contribution in [0.25, 0.3) is 0 Å². The van der Waals surface area contributed by atoms with E-state index in [4.69, 9.17) is 5.11 Å². The van der Waals surface area contributed by atoms with Crippen LogP contribution in [0, 0.1) is 5.92 Å². The first kappa shape index (κ1) is 11.8. The maximum absolute atomic E-state index is 13.2. The minimum absolute atomic E-state index is 0.153. The summed E-state index contributed by atoms with van der Waals surface area (Å²) in [6.45, 7) is -0.597. The second-order valence-electron chi connectivity index (χ2n) is 3.86. The van der Waals surface area contributed by atoms with Crippen LogP contribution in [0.1, 0.15) is 32.1 Å². The van der Waals surface area contributed by atoms with Crippen molar-refractivity contribution in [2.75, 3.05) is 6.61 Å². The summed E-state index contributed by atoms with van der Waals surface area (Å²) in [5, 5.41) is 8.41. The Morgan fingerprint density at radius 3 is 2.14 bits per heavy atom. The summed E-state index contributed by atoms with van der Waals surface area (Å²) in [6, 6.07) is 0. The van der Waals surface area contributed by atoms with Gasteiger partial charge in [0.05, 0.1) is 0 Å².